The Morgan fingerprint density at radius 1 is 0.762 bits per heavy atom. The highest BCUT2D eigenvalue weighted by Crippen LogP contribution is 2.15. The zero-order valence-corrected chi connectivity index (χ0v) is 15.5. The smallest absolute Gasteiger partial charge is 0.0218 e. The van der Waals surface area contributed by atoms with E-state index in [9.17, 15) is 0 Å². The summed E-state index contributed by atoms with van der Waals surface area (Å²) in [4.78, 5) is 2.65. The average molecular weight is 299 g/mol. The minimum absolute atomic E-state index is 0.588. The van der Waals surface area contributed by atoms with Gasteiger partial charge in [-0.2, -0.15) is 0 Å². The van der Waals surface area contributed by atoms with Crippen LogP contribution in [0.3, 0.4) is 0 Å². The summed E-state index contributed by atoms with van der Waals surface area (Å²) in [6.07, 6.45) is 11.0. The molecule has 0 aromatic rings. The zero-order chi connectivity index (χ0) is 16.1. The Kier molecular flexibility index (Phi) is 13.5. The first kappa shape index (κ1) is 20.9. The number of nitrogens with zero attached hydrogens (tertiary/aromatic N) is 1. The van der Waals surface area contributed by atoms with Gasteiger partial charge in [0.05, 0.1) is 0 Å². The molecule has 0 saturated carbocycles. The van der Waals surface area contributed by atoms with Crippen molar-refractivity contribution in [3.05, 3.63) is 0 Å². The quantitative estimate of drug-likeness (QED) is 0.454. The van der Waals surface area contributed by atoms with Crippen LogP contribution in [-0.4, -0.2) is 30.6 Å². The minimum Gasteiger partial charge on any atom is -0.329 e. The van der Waals surface area contributed by atoms with Crippen molar-refractivity contribution in [3.8, 4) is 0 Å². The zero-order valence-electron chi connectivity index (χ0n) is 15.5. The summed E-state index contributed by atoms with van der Waals surface area (Å²) in [5, 5.41) is 0. The SMILES string of the molecule is CCCCCCCCCC(CN)N(CC(C)C)CC(C)C. The maximum absolute atomic E-state index is 6.06. The molecule has 0 amide bonds. The van der Waals surface area contributed by atoms with Gasteiger partial charge in [0.15, 0.2) is 0 Å². The van der Waals surface area contributed by atoms with Gasteiger partial charge in [-0.1, -0.05) is 79.6 Å². The molecule has 0 aliphatic rings. The summed E-state index contributed by atoms with van der Waals surface area (Å²) in [6, 6.07) is 0.588. The highest BCUT2D eigenvalue weighted by molar-refractivity contribution is 4.75. The lowest BCUT2D eigenvalue weighted by atomic mass is 10.0. The van der Waals surface area contributed by atoms with Crippen LogP contribution in [0.25, 0.3) is 0 Å². The van der Waals surface area contributed by atoms with Crippen LogP contribution in [0.2, 0.25) is 0 Å². The molecule has 1 atom stereocenters. The second kappa shape index (κ2) is 13.6. The number of nitrogens with two attached hydrogens (primary N) is 1. The van der Waals surface area contributed by atoms with Crippen LogP contribution in [-0.2, 0) is 0 Å². The second-order valence-electron chi connectivity index (χ2n) is 7.54. The van der Waals surface area contributed by atoms with Crippen LogP contribution < -0.4 is 5.73 Å². The summed E-state index contributed by atoms with van der Waals surface area (Å²) in [7, 11) is 0. The lowest BCUT2D eigenvalue weighted by molar-refractivity contribution is 0.150. The molecule has 0 aliphatic heterocycles. The largest absolute Gasteiger partial charge is 0.329 e. The van der Waals surface area contributed by atoms with Crippen LogP contribution >= 0.6 is 0 Å². The predicted octanol–water partition coefficient (Wildman–Crippen LogP) is 5.07. The number of hydrogen-bond acceptors (Lipinski definition) is 2. The first-order valence-corrected chi connectivity index (χ1v) is 9.45. The van der Waals surface area contributed by atoms with Crippen LogP contribution in [0.1, 0.15) is 86.0 Å². The summed E-state index contributed by atoms with van der Waals surface area (Å²) in [6.45, 7) is 14.7. The van der Waals surface area contributed by atoms with E-state index in [4.69, 9.17) is 5.73 Å². The predicted molar refractivity (Wildman–Crippen MR) is 96.7 cm³/mol. The van der Waals surface area contributed by atoms with E-state index in [1.54, 1.807) is 0 Å². The lowest BCUT2D eigenvalue weighted by Crippen LogP contribution is -2.44. The molecule has 0 heterocycles. The van der Waals surface area contributed by atoms with E-state index in [-0.39, 0.29) is 0 Å². The fourth-order valence-corrected chi connectivity index (χ4v) is 3.10. The third-order valence-corrected chi connectivity index (χ3v) is 4.13. The molecule has 0 fully saturated rings. The second-order valence-corrected chi connectivity index (χ2v) is 7.54. The van der Waals surface area contributed by atoms with Crippen LogP contribution in [0.5, 0.6) is 0 Å². The van der Waals surface area contributed by atoms with E-state index >= 15 is 0 Å². The van der Waals surface area contributed by atoms with Gasteiger partial charge >= 0.3 is 0 Å². The van der Waals surface area contributed by atoms with Crippen LogP contribution in [0.4, 0.5) is 0 Å². The van der Waals surface area contributed by atoms with Crippen molar-refractivity contribution in [3.63, 3.8) is 0 Å². The van der Waals surface area contributed by atoms with Gasteiger partial charge in [-0.25, -0.2) is 0 Å². The molecular weight excluding hydrogens is 256 g/mol. The van der Waals surface area contributed by atoms with Gasteiger partial charge in [-0.05, 0) is 18.3 Å². The highest BCUT2D eigenvalue weighted by atomic mass is 15.2. The van der Waals surface area contributed by atoms with Crippen molar-refractivity contribution in [1.29, 1.82) is 0 Å². The van der Waals surface area contributed by atoms with Gasteiger partial charge in [0.1, 0.15) is 0 Å². The molecule has 0 rings (SSSR count). The van der Waals surface area contributed by atoms with E-state index in [0.717, 1.165) is 18.4 Å². The van der Waals surface area contributed by atoms with E-state index in [0.29, 0.717) is 6.04 Å². The van der Waals surface area contributed by atoms with Crippen molar-refractivity contribution in [1.82, 2.24) is 4.90 Å². The Morgan fingerprint density at radius 3 is 1.67 bits per heavy atom. The Labute approximate surface area is 134 Å². The van der Waals surface area contributed by atoms with Crippen LogP contribution in [0, 0.1) is 11.8 Å². The molecule has 0 bridgehead atoms. The molecular formula is C19H42N2. The molecule has 0 aromatic carbocycles. The standard InChI is InChI=1S/C19H42N2/c1-6-7-8-9-10-11-12-13-19(14-20)21(15-17(2)3)16-18(4)5/h17-19H,6-16,20H2,1-5H3. The molecule has 0 saturated heterocycles. The normalized spacial score (nSPS) is 13.6. The first-order valence-electron chi connectivity index (χ1n) is 9.45. The molecule has 0 aromatic heterocycles. The monoisotopic (exact) mass is 298 g/mol. The van der Waals surface area contributed by atoms with Crippen molar-refractivity contribution in [2.24, 2.45) is 17.6 Å². The van der Waals surface area contributed by atoms with Gasteiger partial charge < -0.3 is 5.73 Å². The molecule has 2 heteroatoms. The number of unbranched alkanes of at least 4 members (excludes halogenated alkanes) is 6. The van der Waals surface area contributed by atoms with E-state index in [1.165, 1.54) is 64.5 Å². The molecule has 0 spiro atoms. The average Bonchev–Trinajstić information content (AvgIpc) is 2.40. The Bertz CT molecular complexity index is 204. The lowest BCUT2D eigenvalue weighted by Gasteiger charge is -2.33. The van der Waals surface area contributed by atoms with Gasteiger partial charge in [0.25, 0.3) is 0 Å². The number of rotatable bonds is 14. The molecule has 2 N–H and O–H groups in total. The molecule has 2 nitrogen and oxygen atoms in total. The van der Waals surface area contributed by atoms with E-state index < -0.39 is 0 Å². The van der Waals surface area contributed by atoms with Gasteiger partial charge in [0.2, 0.25) is 0 Å². The summed E-state index contributed by atoms with van der Waals surface area (Å²) in [5.41, 5.74) is 6.06. The molecule has 0 aliphatic carbocycles. The maximum atomic E-state index is 6.06. The molecule has 0 radical (unpaired) electrons. The molecule has 1 unspecified atom stereocenters. The van der Waals surface area contributed by atoms with Gasteiger partial charge in [0, 0.05) is 25.7 Å². The van der Waals surface area contributed by atoms with Gasteiger partial charge in [-0.3, -0.25) is 4.90 Å². The fourth-order valence-electron chi connectivity index (χ4n) is 3.10. The molecule has 128 valence electrons. The Morgan fingerprint density at radius 2 is 1.24 bits per heavy atom. The first-order chi connectivity index (χ1) is 10.0. The topological polar surface area (TPSA) is 29.3 Å². The Hall–Kier alpha value is -0.0800. The van der Waals surface area contributed by atoms with Crippen molar-refractivity contribution < 1.29 is 0 Å². The van der Waals surface area contributed by atoms with E-state index in [2.05, 4.69) is 39.5 Å². The molecule has 21 heavy (non-hydrogen) atoms. The minimum atomic E-state index is 0.588. The summed E-state index contributed by atoms with van der Waals surface area (Å²) >= 11 is 0. The maximum Gasteiger partial charge on any atom is 0.0218 e. The van der Waals surface area contributed by atoms with Crippen molar-refractivity contribution >= 4 is 0 Å². The summed E-state index contributed by atoms with van der Waals surface area (Å²) < 4.78 is 0. The van der Waals surface area contributed by atoms with Crippen molar-refractivity contribution in [2.45, 2.75) is 92.0 Å². The third-order valence-electron chi connectivity index (χ3n) is 4.13. The summed E-state index contributed by atoms with van der Waals surface area (Å²) in [5.74, 6) is 1.46. The number of hydrogen-bond donors (Lipinski definition) is 1. The van der Waals surface area contributed by atoms with Crippen LogP contribution in [0.15, 0.2) is 0 Å². The third kappa shape index (κ3) is 12.2. The highest BCUT2D eigenvalue weighted by Gasteiger charge is 2.18. The Balaban J connectivity index is 4.01. The van der Waals surface area contributed by atoms with E-state index in [1.807, 2.05) is 0 Å². The van der Waals surface area contributed by atoms with Crippen molar-refractivity contribution in [2.75, 3.05) is 19.6 Å². The van der Waals surface area contributed by atoms with Gasteiger partial charge in [-0.15, -0.1) is 0 Å². The fraction of sp³-hybridized carbons (Fsp3) is 1.00.